The van der Waals surface area contributed by atoms with E-state index in [0.717, 1.165) is 34.7 Å². The number of hydrogen-bond acceptors (Lipinski definition) is 8. The van der Waals surface area contributed by atoms with Gasteiger partial charge in [-0.2, -0.15) is 19.6 Å². The fourth-order valence-electron chi connectivity index (χ4n) is 5.57. The van der Waals surface area contributed by atoms with Crippen LogP contribution < -0.4 is 16.0 Å². The van der Waals surface area contributed by atoms with Crippen molar-refractivity contribution < 1.29 is 0 Å². The second-order valence-corrected chi connectivity index (χ2v) is 11.3. The molecule has 11 heteroatoms. The Hall–Kier alpha value is -4.48. The predicted octanol–water partition coefficient (Wildman–Crippen LogP) is 3.82. The van der Waals surface area contributed by atoms with Crippen LogP contribution in [0.4, 0.5) is 5.69 Å². The van der Waals surface area contributed by atoms with Crippen LogP contribution in [0.2, 0.25) is 0 Å². The topological polar surface area (TPSA) is 102 Å². The zero-order valence-corrected chi connectivity index (χ0v) is 24.6. The van der Waals surface area contributed by atoms with E-state index in [1.165, 1.54) is 40.1 Å². The monoisotopic (exact) mass is 624 g/mol. The molecule has 2 aliphatic rings. The third-order valence-corrected chi connectivity index (χ3v) is 8.05. The van der Waals surface area contributed by atoms with Gasteiger partial charge in [0.2, 0.25) is 0 Å². The highest BCUT2D eigenvalue weighted by Crippen LogP contribution is 2.35. The van der Waals surface area contributed by atoms with Gasteiger partial charge in [0.15, 0.2) is 5.82 Å². The lowest BCUT2D eigenvalue weighted by molar-refractivity contribution is 0.386. The Labute approximate surface area is 251 Å². The van der Waals surface area contributed by atoms with Gasteiger partial charge >= 0.3 is 0 Å². The minimum Gasteiger partial charge on any atom is -0.367 e. The average molecular weight is 626 g/mol. The summed E-state index contributed by atoms with van der Waals surface area (Å²) in [5.41, 5.74) is 3.56. The molecule has 0 saturated carbocycles. The Morgan fingerprint density at radius 2 is 1.48 bits per heavy atom. The highest BCUT2D eigenvalue weighted by atomic mass is 79.9. The second-order valence-electron chi connectivity index (χ2n) is 10.4. The number of nitrogens with zero attached hydrogens (tertiary/aromatic N) is 8. The van der Waals surface area contributed by atoms with Crippen LogP contribution in [0, 0.1) is 5.92 Å². The molecule has 0 N–H and O–H groups in total. The molecule has 1 aromatic carbocycles. The molecule has 2 saturated heterocycles. The Morgan fingerprint density at radius 1 is 0.762 bits per heavy atom. The van der Waals surface area contributed by atoms with Gasteiger partial charge in [-0.05, 0) is 83.8 Å². The average Bonchev–Trinajstić information content (AvgIpc) is 3.58. The Kier molecular flexibility index (Phi) is 8.02. The standard InChI is InChI=1S/C22H23N5O.C9H6BrN3O/c1-25-14-17-10-12-26(21(17)15-25)18-6-4-16(5-7-18)20-9-8-19(13-23-20)27-22(28)3-2-11-24-27;10-7-3-4-8(11-6-7)13-9(14)2-1-5-12-13/h2-9,11,13,17,21H,10,12,14-15H2,1H3;1-6H/t17-,21+;/m1./s1. The lowest BCUT2D eigenvalue weighted by Crippen LogP contribution is -2.34. The molecule has 0 bridgehead atoms. The van der Waals surface area contributed by atoms with E-state index in [1.54, 1.807) is 43.0 Å². The van der Waals surface area contributed by atoms with E-state index < -0.39 is 0 Å². The van der Waals surface area contributed by atoms with E-state index in [4.69, 9.17) is 0 Å². The largest absolute Gasteiger partial charge is 0.367 e. The van der Waals surface area contributed by atoms with E-state index in [1.807, 2.05) is 18.2 Å². The first kappa shape index (κ1) is 27.7. The maximum atomic E-state index is 11.9. The summed E-state index contributed by atoms with van der Waals surface area (Å²) < 4.78 is 3.46. The minimum absolute atomic E-state index is 0.164. The number of likely N-dealkylation sites (tertiary alicyclic amines) is 1. The molecule has 0 amide bonds. The van der Waals surface area contributed by atoms with Crippen molar-refractivity contribution in [3.05, 3.63) is 123 Å². The first-order valence-corrected chi connectivity index (χ1v) is 14.5. The van der Waals surface area contributed by atoms with E-state index in [2.05, 4.69) is 77.2 Å². The summed E-state index contributed by atoms with van der Waals surface area (Å²) in [6.07, 6.45) is 7.74. The van der Waals surface area contributed by atoms with Gasteiger partial charge in [0.25, 0.3) is 11.1 Å². The molecule has 0 aliphatic carbocycles. The van der Waals surface area contributed by atoms with E-state index in [0.29, 0.717) is 17.5 Å². The molecular formula is C31H29BrN8O2. The number of pyridine rings is 2. The number of anilines is 1. The van der Waals surface area contributed by atoms with E-state index in [-0.39, 0.29) is 11.1 Å². The molecule has 212 valence electrons. The number of rotatable bonds is 4. The van der Waals surface area contributed by atoms with Crippen molar-refractivity contribution >= 4 is 21.6 Å². The van der Waals surface area contributed by atoms with Gasteiger partial charge in [-0.1, -0.05) is 12.1 Å². The van der Waals surface area contributed by atoms with Gasteiger partial charge in [-0.25, -0.2) is 4.98 Å². The van der Waals surface area contributed by atoms with Gasteiger partial charge in [0, 0.05) is 72.1 Å². The number of halogens is 1. The molecule has 0 radical (unpaired) electrons. The van der Waals surface area contributed by atoms with Gasteiger partial charge in [-0.3, -0.25) is 14.6 Å². The molecule has 42 heavy (non-hydrogen) atoms. The van der Waals surface area contributed by atoms with Crippen LogP contribution in [0.1, 0.15) is 6.42 Å². The van der Waals surface area contributed by atoms with Crippen molar-refractivity contribution in [3.63, 3.8) is 0 Å². The molecule has 5 aromatic rings. The smallest absolute Gasteiger partial charge is 0.272 e. The normalized spacial score (nSPS) is 17.9. The zero-order chi connectivity index (χ0) is 29.1. The summed E-state index contributed by atoms with van der Waals surface area (Å²) in [7, 11) is 2.22. The van der Waals surface area contributed by atoms with Crippen LogP contribution in [-0.4, -0.2) is 67.2 Å². The fourth-order valence-corrected chi connectivity index (χ4v) is 5.81. The second kappa shape index (κ2) is 12.2. The van der Waals surface area contributed by atoms with Crippen molar-refractivity contribution in [1.82, 2.24) is 34.4 Å². The summed E-state index contributed by atoms with van der Waals surface area (Å²) in [6.45, 7) is 3.52. The van der Waals surface area contributed by atoms with Gasteiger partial charge < -0.3 is 9.80 Å². The summed E-state index contributed by atoms with van der Waals surface area (Å²) in [5.74, 6) is 1.31. The lowest BCUT2D eigenvalue weighted by Gasteiger charge is -2.26. The SMILES string of the molecule is CN1C[C@H]2CCN(c3ccc(-c4ccc(-n5ncccc5=O)cn4)cc3)[C@H]2C1.O=c1cccnn1-c1ccc(Br)cn1. The molecule has 2 aliphatic heterocycles. The highest BCUT2D eigenvalue weighted by Gasteiger charge is 2.39. The van der Waals surface area contributed by atoms with Crippen molar-refractivity contribution in [1.29, 1.82) is 0 Å². The molecule has 4 aromatic heterocycles. The Balaban J connectivity index is 0.000000189. The molecule has 6 heterocycles. The predicted molar refractivity (Wildman–Crippen MR) is 165 cm³/mol. The van der Waals surface area contributed by atoms with Gasteiger partial charge in [0.1, 0.15) is 0 Å². The summed E-state index contributed by atoms with van der Waals surface area (Å²) in [5, 5.41) is 8.00. The molecule has 2 fully saturated rings. The van der Waals surface area contributed by atoms with Crippen molar-refractivity contribution in [2.24, 2.45) is 5.92 Å². The number of aromatic nitrogens is 6. The van der Waals surface area contributed by atoms with Crippen LogP contribution in [0.15, 0.2) is 112 Å². The molecule has 2 atom stereocenters. The van der Waals surface area contributed by atoms with Crippen LogP contribution in [0.25, 0.3) is 22.8 Å². The number of hydrogen-bond donors (Lipinski definition) is 0. The third kappa shape index (κ3) is 5.93. The Bertz CT molecular complexity index is 1770. The number of fused-ring (bicyclic) bond motifs is 1. The van der Waals surface area contributed by atoms with Gasteiger partial charge in [0.05, 0.1) is 17.6 Å². The number of benzene rings is 1. The van der Waals surface area contributed by atoms with Crippen LogP contribution in [0.5, 0.6) is 0 Å². The summed E-state index contributed by atoms with van der Waals surface area (Å²) in [4.78, 5) is 36.9. The number of likely N-dealkylation sites (N-methyl/N-ethyl adjacent to an activating group) is 1. The van der Waals surface area contributed by atoms with Crippen LogP contribution in [-0.2, 0) is 0 Å². The summed E-state index contributed by atoms with van der Waals surface area (Å²) >= 11 is 3.27. The molecule has 0 spiro atoms. The van der Waals surface area contributed by atoms with Crippen molar-refractivity contribution in [2.75, 3.05) is 31.6 Å². The van der Waals surface area contributed by atoms with Gasteiger partial charge in [-0.15, -0.1) is 0 Å². The van der Waals surface area contributed by atoms with E-state index in [9.17, 15) is 9.59 Å². The minimum atomic E-state index is -0.192. The van der Waals surface area contributed by atoms with Crippen molar-refractivity contribution in [3.8, 4) is 22.8 Å². The molecular weight excluding hydrogens is 596 g/mol. The molecule has 0 unspecified atom stereocenters. The lowest BCUT2D eigenvalue weighted by atomic mass is 10.0. The van der Waals surface area contributed by atoms with E-state index >= 15 is 0 Å². The quantitative estimate of drug-likeness (QED) is 0.297. The maximum absolute atomic E-state index is 11.9. The Morgan fingerprint density at radius 3 is 2.12 bits per heavy atom. The first-order chi connectivity index (χ1) is 20.5. The highest BCUT2D eigenvalue weighted by molar-refractivity contribution is 9.10. The third-order valence-electron chi connectivity index (χ3n) is 7.58. The molecule has 7 rings (SSSR count). The van der Waals surface area contributed by atoms with Crippen LogP contribution >= 0.6 is 15.9 Å². The fraction of sp³-hybridized carbons (Fsp3) is 0.226. The van der Waals surface area contributed by atoms with Crippen LogP contribution in [0.3, 0.4) is 0 Å². The zero-order valence-electron chi connectivity index (χ0n) is 23.0. The maximum Gasteiger partial charge on any atom is 0.272 e. The van der Waals surface area contributed by atoms with Crippen molar-refractivity contribution in [2.45, 2.75) is 12.5 Å². The first-order valence-electron chi connectivity index (χ1n) is 13.7. The molecule has 10 nitrogen and oxygen atoms in total. The summed E-state index contributed by atoms with van der Waals surface area (Å²) in [6, 6.07) is 22.8.